The maximum absolute atomic E-state index is 12.7. The van der Waals surface area contributed by atoms with E-state index < -0.39 is 16.9 Å². The molecule has 1 atom stereocenters. The van der Waals surface area contributed by atoms with Crippen molar-refractivity contribution in [1.29, 1.82) is 0 Å². The van der Waals surface area contributed by atoms with Crippen LogP contribution in [0.15, 0.2) is 47.6 Å². The summed E-state index contributed by atoms with van der Waals surface area (Å²) in [6.45, 7) is 3.77. The molecule has 0 aliphatic rings. The molecule has 3 rings (SSSR count). The van der Waals surface area contributed by atoms with Crippen LogP contribution in [-0.2, 0) is 4.79 Å². The molecule has 0 spiro atoms. The first-order valence-electron chi connectivity index (χ1n) is 10.00. The van der Waals surface area contributed by atoms with Crippen molar-refractivity contribution >= 4 is 58.2 Å². The van der Waals surface area contributed by atoms with Gasteiger partial charge >= 0.3 is 0 Å². The van der Waals surface area contributed by atoms with E-state index in [2.05, 4.69) is 25.8 Å². The van der Waals surface area contributed by atoms with Crippen molar-refractivity contribution in [2.24, 2.45) is 5.92 Å². The number of nitrogens with zero attached hydrogens (tertiary/aromatic N) is 3. The summed E-state index contributed by atoms with van der Waals surface area (Å²) in [4.78, 5) is 39.8. The first-order valence-corrected chi connectivity index (χ1v) is 11.7. The smallest absolute Gasteiger partial charge is 0.270 e. The predicted molar refractivity (Wildman–Crippen MR) is 130 cm³/mol. The standard InChI is InChI=1S/C21H20Cl2N6O4S/c1-11(2)18(25-20(31)12-5-3-6-13(9-12)29(32)33)19-26-21(28-27-19)34-10-16(30)24-15-8-4-7-14(22)17(15)23/h3-9,11,18H,10H2,1-2H3,(H,24,30)(H,25,31)(H,26,27,28)/t18-/m0/s1. The summed E-state index contributed by atoms with van der Waals surface area (Å²) >= 11 is 13.1. The molecule has 0 saturated heterocycles. The van der Waals surface area contributed by atoms with Crippen molar-refractivity contribution < 1.29 is 14.5 Å². The van der Waals surface area contributed by atoms with Gasteiger partial charge in [0.25, 0.3) is 11.6 Å². The third-order valence-electron chi connectivity index (χ3n) is 4.61. The maximum atomic E-state index is 12.7. The molecule has 0 radical (unpaired) electrons. The number of anilines is 1. The Morgan fingerprint density at radius 1 is 1.21 bits per heavy atom. The minimum absolute atomic E-state index is 0.0204. The van der Waals surface area contributed by atoms with Gasteiger partial charge in [0.2, 0.25) is 11.1 Å². The first kappa shape index (κ1) is 25.5. The molecule has 0 fully saturated rings. The molecule has 34 heavy (non-hydrogen) atoms. The van der Waals surface area contributed by atoms with Gasteiger partial charge in [0, 0.05) is 17.7 Å². The highest BCUT2D eigenvalue weighted by atomic mass is 35.5. The van der Waals surface area contributed by atoms with E-state index in [4.69, 9.17) is 23.2 Å². The third-order valence-corrected chi connectivity index (χ3v) is 6.27. The van der Waals surface area contributed by atoms with Gasteiger partial charge in [-0.25, -0.2) is 4.98 Å². The highest BCUT2D eigenvalue weighted by molar-refractivity contribution is 7.99. The second kappa shape index (κ2) is 11.3. The second-order valence-corrected chi connectivity index (χ2v) is 9.17. The molecular formula is C21H20Cl2N6O4S. The molecule has 0 unspecified atom stereocenters. The van der Waals surface area contributed by atoms with Gasteiger partial charge in [-0.3, -0.25) is 24.8 Å². The van der Waals surface area contributed by atoms with Crippen molar-refractivity contribution in [3.63, 3.8) is 0 Å². The summed E-state index contributed by atoms with van der Waals surface area (Å²) in [6, 6.07) is 9.85. The van der Waals surface area contributed by atoms with Gasteiger partial charge in [-0.1, -0.05) is 60.9 Å². The minimum Gasteiger partial charge on any atom is -0.342 e. The second-order valence-electron chi connectivity index (χ2n) is 7.44. The van der Waals surface area contributed by atoms with Gasteiger partial charge in [0.1, 0.15) is 5.82 Å². The number of halogens is 2. The number of nitro groups is 1. The average Bonchev–Trinajstić information content (AvgIpc) is 3.27. The number of hydrogen-bond donors (Lipinski definition) is 3. The molecule has 3 N–H and O–H groups in total. The van der Waals surface area contributed by atoms with Crippen LogP contribution in [0.2, 0.25) is 10.0 Å². The quantitative estimate of drug-likeness (QED) is 0.206. The molecular weight excluding hydrogens is 503 g/mol. The summed E-state index contributed by atoms with van der Waals surface area (Å²) in [5.41, 5.74) is 0.383. The number of amides is 2. The van der Waals surface area contributed by atoms with E-state index in [1.54, 1.807) is 18.2 Å². The number of aromatic nitrogens is 3. The fraction of sp³-hybridized carbons (Fsp3) is 0.238. The van der Waals surface area contributed by atoms with E-state index in [1.165, 1.54) is 24.3 Å². The van der Waals surface area contributed by atoms with Crippen molar-refractivity contribution in [2.75, 3.05) is 11.1 Å². The lowest BCUT2D eigenvalue weighted by atomic mass is 10.0. The lowest BCUT2D eigenvalue weighted by Gasteiger charge is -2.19. The minimum atomic E-state index is -0.562. The number of rotatable bonds is 9. The van der Waals surface area contributed by atoms with Crippen LogP contribution >= 0.6 is 35.0 Å². The summed E-state index contributed by atoms with van der Waals surface area (Å²) < 4.78 is 0. The van der Waals surface area contributed by atoms with E-state index in [0.29, 0.717) is 21.7 Å². The number of aromatic amines is 1. The van der Waals surface area contributed by atoms with Gasteiger partial charge < -0.3 is 10.6 Å². The number of nitro benzene ring substituents is 1. The van der Waals surface area contributed by atoms with E-state index in [9.17, 15) is 19.7 Å². The molecule has 1 heterocycles. The Bertz CT molecular complexity index is 1220. The van der Waals surface area contributed by atoms with Crippen LogP contribution in [-0.4, -0.2) is 37.7 Å². The van der Waals surface area contributed by atoms with Crippen LogP contribution < -0.4 is 10.6 Å². The normalized spacial score (nSPS) is 11.8. The number of benzene rings is 2. The van der Waals surface area contributed by atoms with Crippen LogP contribution in [0.5, 0.6) is 0 Å². The number of carbonyl (C=O) groups excluding carboxylic acids is 2. The number of nitrogens with one attached hydrogen (secondary N) is 3. The first-order chi connectivity index (χ1) is 16.2. The molecule has 10 nitrogen and oxygen atoms in total. The highest BCUT2D eigenvalue weighted by Gasteiger charge is 2.24. The monoisotopic (exact) mass is 522 g/mol. The Balaban J connectivity index is 1.63. The molecule has 3 aromatic rings. The van der Waals surface area contributed by atoms with E-state index in [0.717, 1.165) is 11.8 Å². The molecule has 178 valence electrons. The Morgan fingerprint density at radius 3 is 2.65 bits per heavy atom. The van der Waals surface area contributed by atoms with Gasteiger partial charge in [0.15, 0.2) is 0 Å². The molecule has 0 aliphatic heterocycles. The number of H-pyrrole nitrogens is 1. The molecule has 2 amide bonds. The maximum Gasteiger partial charge on any atom is 0.270 e. The fourth-order valence-corrected chi connectivity index (χ4v) is 3.87. The fourth-order valence-electron chi connectivity index (χ4n) is 2.91. The Hall–Kier alpha value is -3.15. The lowest BCUT2D eigenvalue weighted by Crippen LogP contribution is -2.32. The highest BCUT2D eigenvalue weighted by Crippen LogP contribution is 2.30. The predicted octanol–water partition coefficient (Wildman–Crippen LogP) is 4.88. The zero-order chi connectivity index (χ0) is 24.8. The topological polar surface area (TPSA) is 143 Å². The van der Waals surface area contributed by atoms with E-state index >= 15 is 0 Å². The zero-order valence-corrected chi connectivity index (χ0v) is 20.4. The summed E-state index contributed by atoms with van der Waals surface area (Å²) in [7, 11) is 0. The van der Waals surface area contributed by atoms with E-state index in [-0.39, 0.29) is 33.9 Å². The molecule has 0 aliphatic carbocycles. The van der Waals surface area contributed by atoms with Gasteiger partial charge in [-0.05, 0) is 24.1 Å². The Kier molecular flexibility index (Phi) is 8.48. The number of thioether (sulfide) groups is 1. The Morgan fingerprint density at radius 2 is 1.94 bits per heavy atom. The van der Waals surface area contributed by atoms with Crippen LogP contribution in [0.4, 0.5) is 11.4 Å². The van der Waals surface area contributed by atoms with Gasteiger partial charge in [-0.2, -0.15) is 0 Å². The van der Waals surface area contributed by atoms with Crippen LogP contribution in [0.3, 0.4) is 0 Å². The van der Waals surface area contributed by atoms with Crippen molar-refractivity contribution in [3.05, 3.63) is 74.0 Å². The Labute approximate surface area is 209 Å². The molecule has 2 aromatic carbocycles. The summed E-state index contributed by atoms with van der Waals surface area (Å²) in [6.07, 6.45) is 0. The van der Waals surface area contributed by atoms with Crippen molar-refractivity contribution in [2.45, 2.75) is 25.0 Å². The van der Waals surface area contributed by atoms with Crippen molar-refractivity contribution in [3.8, 4) is 0 Å². The summed E-state index contributed by atoms with van der Waals surface area (Å²) in [5, 5.41) is 24.3. The largest absolute Gasteiger partial charge is 0.342 e. The molecule has 13 heteroatoms. The number of hydrogen-bond acceptors (Lipinski definition) is 7. The molecule has 0 bridgehead atoms. The van der Waals surface area contributed by atoms with E-state index in [1.807, 2.05) is 13.8 Å². The zero-order valence-electron chi connectivity index (χ0n) is 18.0. The summed E-state index contributed by atoms with van der Waals surface area (Å²) in [5.74, 6) is -0.450. The average molecular weight is 523 g/mol. The van der Waals surface area contributed by atoms with Crippen LogP contribution in [0.1, 0.15) is 36.1 Å². The SMILES string of the molecule is CC(C)[C@H](NC(=O)c1cccc([N+](=O)[O-])c1)c1nc(SCC(=O)Nc2cccc(Cl)c2Cl)n[nH]1. The third kappa shape index (κ3) is 6.46. The number of non-ortho nitro benzene ring substituents is 1. The van der Waals surface area contributed by atoms with Crippen LogP contribution in [0, 0.1) is 16.0 Å². The lowest BCUT2D eigenvalue weighted by molar-refractivity contribution is -0.384. The van der Waals surface area contributed by atoms with Gasteiger partial charge in [0.05, 0.1) is 32.5 Å². The number of carbonyl (C=O) groups is 2. The van der Waals surface area contributed by atoms with Crippen LogP contribution in [0.25, 0.3) is 0 Å². The molecule has 1 aromatic heterocycles. The molecule has 0 saturated carbocycles. The van der Waals surface area contributed by atoms with Crippen molar-refractivity contribution in [1.82, 2.24) is 20.5 Å². The van der Waals surface area contributed by atoms with Gasteiger partial charge in [-0.15, -0.1) is 5.10 Å².